The molecule has 6 heteroatoms. The second-order valence-corrected chi connectivity index (χ2v) is 5.73. The molecule has 0 unspecified atom stereocenters. The summed E-state index contributed by atoms with van der Waals surface area (Å²) in [5.41, 5.74) is 5.49. The highest BCUT2D eigenvalue weighted by Gasteiger charge is 2.37. The number of carbonyl (C=O) groups excluding carboxylic acids is 1. The predicted octanol–water partition coefficient (Wildman–Crippen LogP) is 2.36. The first-order chi connectivity index (χ1) is 8.92. The molecule has 0 aliphatic heterocycles. The van der Waals surface area contributed by atoms with E-state index in [-0.39, 0.29) is 17.2 Å². The number of aromatic carboxylic acids is 1. The van der Waals surface area contributed by atoms with Crippen molar-refractivity contribution in [1.29, 1.82) is 0 Å². The van der Waals surface area contributed by atoms with E-state index < -0.39 is 11.5 Å². The maximum Gasteiger partial charge on any atom is 0.337 e. The third-order valence-electron chi connectivity index (χ3n) is 3.41. The van der Waals surface area contributed by atoms with Crippen LogP contribution in [-0.4, -0.2) is 22.5 Å². The molecule has 0 saturated heterocycles. The number of nitrogens with two attached hydrogens (primary N) is 1. The van der Waals surface area contributed by atoms with Crippen molar-refractivity contribution in [2.45, 2.75) is 31.2 Å². The highest BCUT2D eigenvalue weighted by atomic mass is 79.9. The highest BCUT2D eigenvalue weighted by Crippen LogP contribution is 2.29. The minimum absolute atomic E-state index is 0.0538. The van der Waals surface area contributed by atoms with Crippen LogP contribution in [0.15, 0.2) is 22.7 Å². The van der Waals surface area contributed by atoms with Gasteiger partial charge in [-0.3, -0.25) is 4.79 Å². The number of benzene rings is 1. The highest BCUT2D eigenvalue weighted by molar-refractivity contribution is 9.10. The van der Waals surface area contributed by atoms with Crippen molar-refractivity contribution in [3.63, 3.8) is 0 Å². The molecule has 1 aromatic carbocycles. The third kappa shape index (κ3) is 2.96. The molecule has 1 aliphatic carbocycles. The summed E-state index contributed by atoms with van der Waals surface area (Å²) in [6.45, 7) is 0. The standard InChI is InChI=1S/C13H15BrN2O3/c14-8-3-4-9(11(17)18)10(7-8)16-12(19)13(15)5-1-2-6-13/h3-4,7H,1-2,5-6,15H2,(H,16,19)(H,17,18). The Morgan fingerprint density at radius 3 is 2.53 bits per heavy atom. The molecule has 0 heterocycles. The quantitative estimate of drug-likeness (QED) is 0.794. The van der Waals surface area contributed by atoms with E-state index in [1.54, 1.807) is 12.1 Å². The average molecular weight is 327 g/mol. The lowest BCUT2D eigenvalue weighted by Gasteiger charge is -2.22. The minimum Gasteiger partial charge on any atom is -0.478 e. The second kappa shape index (κ2) is 5.30. The predicted molar refractivity (Wildman–Crippen MR) is 75.1 cm³/mol. The fourth-order valence-corrected chi connectivity index (χ4v) is 2.65. The van der Waals surface area contributed by atoms with E-state index in [9.17, 15) is 9.59 Å². The van der Waals surface area contributed by atoms with Gasteiger partial charge >= 0.3 is 5.97 Å². The second-order valence-electron chi connectivity index (χ2n) is 4.81. The van der Waals surface area contributed by atoms with Gasteiger partial charge in [-0.2, -0.15) is 0 Å². The van der Waals surface area contributed by atoms with Crippen LogP contribution in [0.1, 0.15) is 36.0 Å². The summed E-state index contributed by atoms with van der Waals surface area (Å²) in [7, 11) is 0. The van der Waals surface area contributed by atoms with Crippen LogP contribution in [0, 0.1) is 0 Å². The van der Waals surface area contributed by atoms with Gasteiger partial charge < -0.3 is 16.2 Å². The van der Waals surface area contributed by atoms with Crippen LogP contribution >= 0.6 is 15.9 Å². The molecule has 1 saturated carbocycles. The summed E-state index contributed by atoms with van der Waals surface area (Å²) in [6, 6.07) is 4.63. The van der Waals surface area contributed by atoms with Crippen molar-refractivity contribution >= 4 is 33.5 Å². The largest absolute Gasteiger partial charge is 0.478 e. The van der Waals surface area contributed by atoms with Crippen LogP contribution < -0.4 is 11.1 Å². The number of amides is 1. The van der Waals surface area contributed by atoms with E-state index >= 15 is 0 Å². The number of carboxylic acids is 1. The topological polar surface area (TPSA) is 92.4 Å². The molecule has 1 aromatic rings. The number of carbonyl (C=O) groups is 2. The summed E-state index contributed by atoms with van der Waals surface area (Å²) in [4.78, 5) is 23.3. The Bertz CT molecular complexity index is 525. The zero-order valence-electron chi connectivity index (χ0n) is 10.3. The molecule has 0 atom stereocenters. The van der Waals surface area contributed by atoms with Gasteiger partial charge in [-0.1, -0.05) is 28.8 Å². The smallest absolute Gasteiger partial charge is 0.337 e. The number of nitrogens with one attached hydrogen (secondary N) is 1. The summed E-state index contributed by atoms with van der Waals surface area (Å²) in [6.07, 6.45) is 3.12. The molecule has 1 fully saturated rings. The number of anilines is 1. The molecular weight excluding hydrogens is 312 g/mol. The third-order valence-corrected chi connectivity index (χ3v) is 3.90. The van der Waals surface area contributed by atoms with Gasteiger partial charge in [0.15, 0.2) is 0 Å². The van der Waals surface area contributed by atoms with Gasteiger partial charge in [-0.15, -0.1) is 0 Å². The van der Waals surface area contributed by atoms with Crippen molar-refractivity contribution < 1.29 is 14.7 Å². The molecule has 2 rings (SSSR count). The normalized spacial score (nSPS) is 17.2. The van der Waals surface area contributed by atoms with Gasteiger partial charge in [-0.25, -0.2) is 4.79 Å². The van der Waals surface area contributed by atoms with Gasteiger partial charge in [0.2, 0.25) is 5.91 Å². The van der Waals surface area contributed by atoms with E-state index in [0.29, 0.717) is 17.3 Å². The van der Waals surface area contributed by atoms with E-state index in [2.05, 4.69) is 21.2 Å². The first-order valence-electron chi connectivity index (χ1n) is 6.05. The number of hydrogen-bond acceptors (Lipinski definition) is 3. The SMILES string of the molecule is NC1(C(=O)Nc2cc(Br)ccc2C(=O)O)CCCC1. The number of halogens is 1. The Labute approximate surface area is 119 Å². The molecule has 0 bridgehead atoms. The Balaban J connectivity index is 2.25. The molecule has 5 nitrogen and oxygen atoms in total. The van der Waals surface area contributed by atoms with E-state index in [1.807, 2.05) is 0 Å². The first kappa shape index (κ1) is 14.0. The van der Waals surface area contributed by atoms with E-state index in [0.717, 1.165) is 12.8 Å². The lowest BCUT2D eigenvalue weighted by molar-refractivity contribution is -0.121. The Morgan fingerprint density at radius 1 is 1.32 bits per heavy atom. The lowest BCUT2D eigenvalue weighted by atomic mass is 9.98. The Morgan fingerprint density at radius 2 is 1.95 bits per heavy atom. The van der Waals surface area contributed by atoms with Crippen LogP contribution in [-0.2, 0) is 4.79 Å². The first-order valence-corrected chi connectivity index (χ1v) is 6.85. The van der Waals surface area contributed by atoms with E-state index in [4.69, 9.17) is 10.8 Å². The van der Waals surface area contributed by atoms with Crippen LogP contribution in [0.25, 0.3) is 0 Å². The zero-order valence-corrected chi connectivity index (χ0v) is 11.9. The Kier molecular flexibility index (Phi) is 3.91. The fourth-order valence-electron chi connectivity index (χ4n) is 2.29. The molecule has 0 aromatic heterocycles. The van der Waals surface area contributed by atoms with Gasteiger partial charge in [-0.05, 0) is 31.0 Å². The number of hydrogen-bond donors (Lipinski definition) is 3. The van der Waals surface area contributed by atoms with Gasteiger partial charge in [0.05, 0.1) is 16.8 Å². The molecule has 1 aliphatic rings. The molecule has 102 valence electrons. The van der Waals surface area contributed by atoms with Gasteiger partial charge in [0.25, 0.3) is 0 Å². The van der Waals surface area contributed by atoms with Crippen LogP contribution in [0.2, 0.25) is 0 Å². The van der Waals surface area contributed by atoms with Crippen LogP contribution in [0.5, 0.6) is 0 Å². The molecule has 19 heavy (non-hydrogen) atoms. The van der Waals surface area contributed by atoms with Crippen molar-refractivity contribution in [1.82, 2.24) is 0 Å². The van der Waals surface area contributed by atoms with Gasteiger partial charge in [0.1, 0.15) is 0 Å². The summed E-state index contributed by atoms with van der Waals surface area (Å²) >= 11 is 3.26. The average Bonchev–Trinajstić information content (AvgIpc) is 2.77. The van der Waals surface area contributed by atoms with E-state index in [1.165, 1.54) is 6.07 Å². The van der Waals surface area contributed by atoms with Crippen LogP contribution in [0.4, 0.5) is 5.69 Å². The number of carboxylic acid groups (broad SMARTS) is 1. The summed E-state index contributed by atoms with van der Waals surface area (Å²) in [5.74, 6) is -1.40. The monoisotopic (exact) mass is 326 g/mol. The summed E-state index contributed by atoms with van der Waals surface area (Å²) < 4.78 is 0.699. The van der Waals surface area contributed by atoms with Crippen molar-refractivity contribution in [3.8, 4) is 0 Å². The zero-order chi connectivity index (χ0) is 14.0. The molecule has 0 spiro atoms. The maximum atomic E-state index is 12.2. The minimum atomic E-state index is -1.08. The van der Waals surface area contributed by atoms with Crippen molar-refractivity contribution in [2.24, 2.45) is 5.73 Å². The maximum absolute atomic E-state index is 12.2. The molecule has 4 N–H and O–H groups in total. The number of rotatable bonds is 3. The summed E-state index contributed by atoms with van der Waals surface area (Å²) in [5, 5.41) is 11.7. The van der Waals surface area contributed by atoms with Crippen LogP contribution in [0.3, 0.4) is 0 Å². The molecule has 1 amide bonds. The molecular formula is C13H15BrN2O3. The van der Waals surface area contributed by atoms with Crippen molar-refractivity contribution in [3.05, 3.63) is 28.2 Å². The fraction of sp³-hybridized carbons (Fsp3) is 0.385. The molecule has 0 radical (unpaired) electrons. The Hall–Kier alpha value is -1.40. The van der Waals surface area contributed by atoms with Gasteiger partial charge in [0, 0.05) is 4.47 Å². The van der Waals surface area contributed by atoms with Crippen molar-refractivity contribution in [2.75, 3.05) is 5.32 Å². The lowest BCUT2D eigenvalue weighted by Crippen LogP contribution is -2.48.